The van der Waals surface area contributed by atoms with Crippen LogP contribution in [0.3, 0.4) is 0 Å². The molecule has 0 aliphatic heterocycles. The molecule has 2 aromatic rings. The van der Waals surface area contributed by atoms with Crippen LogP contribution in [0.15, 0.2) is 36.4 Å². The normalized spacial score (nSPS) is 23.4. The van der Waals surface area contributed by atoms with E-state index >= 15 is 0 Å². The minimum atomic E-state index is 0.818. The molecule has 0 bridgehead atoms. The van der Waals surface area contributed by atoms with Gasteiger partial charge in [-0.25, -0.2) is 4.98 Å². The molecule has 3 rings (SSSR count). The number of nitrogens with zero attached hydrogens (tertiary/aromatic N) is 1. The fourth-order valence-corrected chi connectivity index (χ4v) is 2.93. The van der Waals surface area contributed by atoms with Crippen LogP contribution in [0.25, 0.3) is 10.9 Å². The third-order valence-corrected chi connectivity index (χ3v) is 4.18. The third-order valence-electron chi connectivity index (χ3n) is 4.18. The van der Waals surface area contributed by atoms with Gasteiger partial charge in [-0.3, -0.25) is 0 Å². The van der Waals surface area contributed by atoms with Crippen LogP contribution in [0.5, 0.6) is 0 Å². The third kappa shape index (κ3) is 2.33. The van der Waals surface area contributed by atoms with Crippen molar-refractivity contribution in [2.24, 2.45) is 11.8 Å². The van der Waals surface area contributed by atoms with Crippen LogP contribution >= 0.6 is 0 Å². The number of aromatic nitrogens is 1. The summed E-state index contributed by atoms with van der Waals surface area (Å²) < 4.78 is 0. The Kier molecular flexibility index (Phi) is 3.18. The van der Waals surface area contributed by atoms with E-state index in [2.05, 4.69) is 47.6 Å². The lowest BCUT2D eigenvalue weighted by Gasteiger charge is -2.16. The van der Waals surface area contributed by atoms with Crippen LogP contribution < -0.4 is 5.32 Å². The van der Waals surface area contributed by atoms with Crippen molar-refractivity contribution in [2.45, 2.75) is 26.2 Å². The highest BCUT2D eigenvalue weighted by atomic mass is 15.0. The van der Waals surface area contributed by atoms with Crippen molar-refractivity contribution in [2.75, 3.05) is 11.9 Å². The quantitative estimate of drug-likeness (QED) is 0.874. The van der Waals surface area contributed by atoms with Gasteiger partial charge in [0.25, 0.3) is 0 Å². The molecule has 1 aliphatic carbocycles. The zero-order valence-corrected chi connectivity index (χ0v) is 10.9. The van der Waals surface area contributed by atoms with Crippen molar-refractivity contribution < 1.29 is 0 Å². The van der Waals surface area contributed by atoms with Gasteiger partial charge in [-0.2, -0.15) is 0 Å². The van der Waals surface area contributed by atoms with Crippen molar-refractivity contribution in [3.05, 3.63) is 36.4 Å². The van der Waals surface area contributed by atoms with Gasteiger partial charge in [-0.05, 0) is 36.5 Å². The SMILES string of the molecule is CC1CCCC1CNc1ccc2ccccc2n1. The number of rotatable bonds is 3. The Morgan fingerprint density at radius 1 is 1.17 bits per heavy atom. The summed E-state index contributed by atoms with van der Waals surface area (Å²) in [6.07, 6.45) is 4.14. The number of para-hydroxylation sites is 1. The lowest BCUT2D eigenvalue weighted by molar-refractivity contribution is 0.439. The summed E-state index contributed by atoms with van der Waals surface area (Å²) in [6.45, 7) is 3.43. The molecular formula is C16H20N2. The lowest BCUT2D eigenvalue weighted by atomic mass is 9.98. The monoisotopic (exact) mass is 240 g/mol. The van der Waals surface area contributed by atoms with Gasteiger partial charge in [0.15, 0.2) is 0 Å². The first kappa shape index (κ1) is 11.5. The molecule has 1 N–H and O–H groups in total. The van der Waals surface area contributed by atoms with Crippen LogP contribution in [-0.4, -0.2) is 11.5 Å². The zero-order valence-electron chi connectivity index (χ0n) is 10.9. The first-order chi connectivity index (χ1) is 8.83. The Balaban J connectivity index is 1.71. The Hall–Kier alpha value is -1.57. The molecule has 0 radical (unpaired) electrons. The van der Waals surface area contributed by atoms with E-state index in [4.69, 9.17) is 0 Å². The maximum atomic E-state index is 4.65. The molecule has 0 saturated heterocycles. The first-order valence-electron chi connectivity index (χ1n) is 6.92. The summed E-state index contributed by atoms with van der Waals surface area (Å²) in [7, 11) is 0. The van der Waals surface area contributed by atoms with E-state index in [1.807, 2.05) is 6.07 Å². The summed E-state index contributed by atoms with van der Waals surface area (Å²) in [5.41, 5.74) is 1.07. The highest BCUT2D eigenvalue weighted by Gasteiger charge is 2.22. The van der Waals surface area contributed by atoms with Crippen molar-refractivity contribution in [3.8, 4) is 0 Å². The van der Waals surface area contributed by atoms with E-state index in [0.29, 0.717) is 0 Å². The van der Waals surface area contributed by atoms with Gasteiger partial charge < -0.3 is 5.32 Å². The van der Waals surface area contributed by atoms with Crippen LogP contribution in [0, 0.1) is 11.8 Å². The standard InChI is InChI=1S/C16H20N2/c1-12-5-4-7-14(12)11-17-16-10-9-13-6-2-3-8-15(13)18-16/h2-3,6,8-10,12,14H,4-5,7,11H2,1H3,(H,17,18). The molecule has 1 fully saturated rings. The molecule has 0 amide bonds. The smallest absolute Gasteiger partial charge is 0.126 e. The maximum Gasteiger partial charge on any atom is 0.126 e. The Bertz CT molecular complexity index is 535. The fourth-order valence-electron chi connectivity index (χ4n) is 2.93. The van der Waals surface area contributed by atoms with E-state index in [-0.39, 0.29) is 0 Å². The highest BCUT2D eigenvalue weighted by Crippen LogP contribution is 2.31. The molecule has 0 spiro atoms. The van der Waals surface area contributed by atoms with Gasteiger partial charge in [0.2, 0.25) is 0 Å². The van der Waals surface area contributed by atoms with E-state index in [9.17, 15) is 0 Å². The molecule has 2 heteroatoms. The van der Waals surface area contributed by atoms with E-state index in [1.165, 1.54) is 24.6 Å². The molecule has 1 aromatic heterocycles. The Morgan fingerprint density at radius 3 is 2.89 bits per heavy atom. The molecule has 1 saturated carbocycles. The van der Waals surface area contributed by atoms with Crippen molar-refractivity contribution >= 4 is 16.7 Å². The minimum Gasteiger partial charge on any atom is -0.370 e. The summed E-state index contributed by atoms with van der Waals surface area (Å²) in [4.78, 5) is 4.65. The average Bonchev–Trinajstić information content (AvgIpc) is 2.82. The number of hydrogen-bond donors (Lipinski definition) is 1. The maximum absolute atomic E-state index is 4.65. The van der Waals surface area contributed by atoms with Gasteiger partial charge >= 0.3 is 0 Å². The number of fused-ring (bicyclic) bond motifs is 1. The number of nitrogens with one attached hydrogen (secondary N) is 1. The number of benzene rings is 1. The molecule has 1 heterocycles. The largest absolute Gasteiger partial charge is 0.370 e. The van der Waals surface area contributed by atoms with Crippen LogP contribution in [-0.2, 0) is 0 Å². The summed E-state index contributed by atoms with van der Waals surface area (Å²) in [5, 5.41) is 4.70. The van der Waals surface area contributed by atoms with E-state index in [0.717, 1.165) is 29.7 Å². The molecule has 2 atom stereocenters. The molecular weight excluding hydrogens is 220 g/mol. The predicted molar refractivity (Wildman–Crippen MR) is 76.7 cm³/mol. The fraction of sp³-hybridized carbons (Fsp3) is 0.438. The van der Waals surface area contributed by atoms with Gasteiger partial charge in [0.1, 0.15) is 5.82 Å². The summed E-state index contributed by atoms with van der Waals surface area (Å²) in [5.74, 6) is 2.68. The van der Waals surface area contributed by atoms with Crippen molar-refractivity contribution in [1.82, 2.24) is 4.98 Å². The summed E-state index contributed by atoms with van der Waals surface area (Å²) in [6, 6.07) is 12.5. The van der Waals surface area contributed by atoms with Crippen molar-refractivity contribution in [3.63, 3.8) is 0 Å². The molecule has 18 heavy (non-hydrogen) atoms. The highest BCUT2D eigenvalue weighted by molar-refractivity contribution is 5.79. The molecule has 1 aromatic carbocycles. The zero-order chi connectivity index (χ0) is 12.4. The van der Waals surface area contributed by atoms with Crippen LogP contribution in [0.2, 0.25) is 0 Å². The second kappa shape index (κ2) is 4.97. The predicted octanol–water partition coefficient (Wildman–Crippen LogP) is 4.08. The molecule has 94 valence electrons. The average molecular weight is 240 g/mol. The van der Waals surface area contributed by atoms with Gasteiger partial charge in [-0.15, -0.1) is 0 Å². The second-order valence-corrected chi connectivity index (χ2v) is 5.44. The topological polar surface area (TPSA) is 24.9 Å². The first-order valence-corrected chi connectivity index (χ1v) is 6.92. The van der Waals surface area contributed by atoms with Gasteiger partial charge in [0, 0.05) is 11.9 Å². The lowest BCUT2D eigenvalue weighted by Crippen LogP contribution is -2.16. The Morgan fingerprint density at radius 2 is 2.06 bits per heavy atom. The van der Waals surface area contributed by atoms with Gasteiger partial charge in [0.05, 0.1) is 5.52 Å². The van der Waals surface area contributed by atoms with E-state index < -0.39 is 0 Å². The Labute approximate surface area is 108 Å². The van der Waals surface area contributed by atoms with Crippen LogP contribution in [0.1, 0.15) is 26.2 Å². The second-order valence-electron chi connectivity index (χ2n) is 5.44. The molecule has 2 nitrogen and oxygen atoms in total. The van der Waals surface area contributed by atoms with Crippen LogP contribution in [0.4, 0.5) is 5.82 Å². The number of pyridine rings is 1. The minimum absolute atomic E-state index is 0.818. The molecule has 2 unspecified atom stereocenters. The van der Waals surface area contributed by atoms with Gasteiger partial charge in [-0.1, -0.05) is 38.0 Å². The number of hydrogen-bond acceptors (Lipinski definition) is 2. The summed E-state index contributed by atoms with van der Waals surface area (Å²) >= 11 is 0. The van der Waals surface area contributed by atoms with E-state index in [1.54, 1.807) is 0 Å². The number of anilines is 1. The molecule has 1 aliphatic rings. The van der Waals surface area contributed by atoms with Crippen molar-refractivity contribution in [1.29, 1.82) is 0 Å².